The van der Waals surface area contributed by atoms with E-state index in [1.165, 1.54) is 6.39 Å². The number of nitrogen functional groups attached to an aromatic ring is 1. The number of hydrogen-bond donors (Lipinski definition) is 4. The van der Waals surface area contributed by atoms with Crippen LogP contribution < -0.4 is 16.8 Å². The maximum absolute atomic E-state index is 13.3. The van der Waals surface area contributed by atoms with E-state index in [-0.39, 0.29) is 30.1 Å². The molecule has 4 rings (SSSR count). The summed E-state index contributed by atoms with van der Waals surface area (Å²) in [7, 11) is 0. The second kappa shape index (κ2) is 10.9. The van der Waals surface area contributed by atoms with Crippen LogP contribution in [0.15, 0.2) is 65.5 Å². The molecule has 3 aromatic rings. The molecule has 10 nitrogen and oxygen atoms in total. The molecule has 0 saturated carbocycles. The van der Waals surface area contributed by atoms with E-state index in [1.807, 2.05) is 30.3 Å². The van der Waals surface area contributed by atoms with E-state index < -0.39 is 12.1 Å². The Balaban J connectivity index is 1.42. The second-order valence-corrected chi connectivity index (χ2v) is 8.69. The molecular formula is C25H29N7O3. The molecular weight excluding hydrogens is 446 g/mol. The lowest BCUT2D eigenvalue weighted by atomic mass is 10.0. The molecule has 2 aromatic carbocycles. The number of amides is 2. The first-order valence-electron chi connectivity index (χ1n) is 11.5. The van der Waals surface area contributed by atoms with Crippen molar-refractivity contribution in [2.75, 3.05) is 6.54 Å². The van der Waals surface area contributed by atoms with Crippen LogP contribution in [0.5, 0.6) is 0 Å². The Bertz CT molecular complexity index is 1150. The highest BCUT2D eigenvalue weighted by atomic mass is 16.5. The summed E-state index contributed by atoms with van der Waals surface area (Å²) in [6.45, 7) is 0.575. The van der Waals surface area contributed by atoms with Gasteiger partial charge in [-0.1, -0.05) is 59.8 Å². The first kappa shape index (κ1) is 24.1. The van der Waals surface area contributed by atoms with Crippen LogP contribution in [0.1, 0.15) is 41.3 Å². The van der Waals surface area contributed by atoms with Gasteiger partial charge in [0.2, 0.25) is 18.2 Å². The summed E-state index contributed by atoms with van der Waals surface area (Å²) < 4.78 is 4.87. The van der Waals surface area contributed by atoms with Gasteiger partial charge < -0.3 is 26.2 Å². The van der Waals surface area contributed by atoms with Gasteiger partial charge in [0.15, 0.2) is 5.82 Å². The fraction of sp³-hybridized carbons (Fsp3) is 0.320. The molecule has 2 heterocycles. The Morgan fingerprint density at radius 1 is 1.14 bits per heavy atom. The van der Waals surface area contributed by atoms with Crippen molar-refractivity contribution in [3.63, 3.8) is 0 Å². The fourth-order valence-electron chi connectivity index (χ4n) is 4.29. The van der Waals surface area contributed by atoms with Crippen molar-refractivity contribution >= 4 is 17.6 Å². The van der Waals surface area contributed by atoms with Crippen LogP contribution in [0.2, 0.25) is 0 Å². The van der Waals surface area contributed by atoms with Gasteiger partial charge in [-0.05, 0) is 30.4 Å². The second-order valence-electron chi connectivity index (χ2n) is 8.69. The molecule has 10 heteroatoms. The minimum atomic E-state index is -0.728. The van der Waals surface area contributed by atoms with E-state index in [9.17, 15) is 9.59 Å². The summed E-state index contributed by atoms with van der Waals surface area (Å²) in [6.07, 6.45) is 2.77. The van der Waals surface area contributed by atoms with Crippen molar-refractivity contribution in [3.05, 3.63) is 83.5 Å². The Morgan fingerprint density at radius 2 is 1.89 bits per heavy atom. The van der Waals surface area contributed by atoms with E-state index in [1.54, 1.807) is 29.2 Å². The highest BCUT2D eigenvalue weighted by Gasteiger charge is 2.42. The zero-order chi connectivity index (χ0) is 24.8. The third-order valence-electron chi connectivity index (χ3n) is 6.27. The number of rotatable bonds is 9. The average Bonchev–Trinajstić information content (AvgIpc) is 3.57. The molecule has 1 aromatic heterocycles. The van der Waals surface area contributed by atoms with Crippen molar-refractivity contribution in [1.82, 2.24) is 20.4 Å². The van der Waals surface area contributed by atoms with Gasteiger partial charge in [0.05, 0.1) is 6.04 Å². The largest absolute Gasteiger partial charge is 0.384 e. The number of aryl methyl sites for hydroxylation is 1. The molecule has 0 bridgehead atoms. The molecule has 1 aliphatic heterocycles. The van der Waals surface area contributed by atoms with Gasteiger partial charge in [0, 0.05) is 24.6 Å². The summed E-state index contributed by atoms with van der Waals surface area (Å²) in [6, 6.07) is 15.5. The van der Waals surface area contributed by atoms with Gasteiger partial charge in [-0.2, -0.15) is 4.98 Å². The lowest BCUT2D eigenvalue weighted by Crippen LogP contribution is -2.51. The van der Waals surface area contributed by atoms with Gasteiger partial charge in [0.1, 0.15) is 11.9 Å². The molecule has 6 N–H and O–H groups in total. The Kier molecular flexibility index (Phi) is 7.51. The van der Waals surface area contributed by atoms with Crippen LogP contribution >= 0.6 is 0 Å². The third-order valence-corrected chi connectivity index (χ3v) is 6.27. The normalized spacial score (nSPS) is 18.3. The number of carbonyl (C=O) groups is 2. The predicted molar refractivity (Wildman–Crippen MR) is 129 cm³/mol. The molecule has 0 spiro atoms. The minimum absolute atomic E-state index is 0.0168. The molecule has 182 valence electrons. The van der Waals surface area contributed by atoms with E-state index in [0.29, 0.717) is 37.2 Å². The number of hydrogen-bond acceptors (Lipinski definition) is 7. The monoisotopic (exact) mass is 475 g/mol. The Morgan fingerprint density at radius 3 is 2.54 bits per heavy atom. The maximum atomic E-state index is 13.3. The summed E-state index contributed by atoms with van der Waals surface area (Å²) in [5.74, 6) is -0.301. The zero-order valence-corrected chi connectivity index (χ0v) is 19.3. The molecule has 0 unspecified atom stereocenters. The number of carbonyl (C=O) groups excluding carboxylic acids is 2. The fourth-order valence-corrected chi connectivity index (χ4v) is 4.29. The molecule has 3 atom stereocenters. The molecule has 1 aliphatic rings. The van der Waals surface area contributed by atoms with Crippen LogP contribution in [0.4, 0.5) is 0 Å². The number of nitrogens with two attached hydrogens (primary N) is 2. The van der Waals surface area contributed by atoms with E-state index >= 15 is 0 Å². The van der Waals surface area contributed by atoms with Crippen LogP contribution in [-0.4, -0.2) is 51.3 Å². The average molecular weight is 476 g/mol. The van der Waals surface area contributed by atoms with Crippen molar-refractivity contribution in [2.24, 2.45) is 11.5 Å². The first-order valence-corrected chi connectivity index (χ1v) is 11.5. The summed E-state index contributed by atoms with van der Waals surface area (Å²) in [5, 5.41) is 14.3. The molecule has 35 heavy (non-hydrogen) atoms. The molecule has 1 saturated heterocycles. The molecule has 0 radical (unpaired) electrons. The van der Waals surface area contributed by atoms with Gasteiger partial charge in [-0.3, -0.25) is 15.0 Å². The van der Waals surface area contributed by atoms with Crippen LogP contribution in [-0.2, 0) is 22.6 Å². The number of nitrogens with one attached hydrogen (secondary N) is 2. The number of likely N-dealkylation sites (tertiary alicyclic amines) is 1. The standard InChI is InChI=1S/C25H29N7O3/c26-20(11-8-16-4-2-1-3-5-16)25(34)32-14-19(23-30-15-35-31-23)12-21(32)24(33)29-13-17-6-9-18(10-7-17)22(27)28/h1-7,9-10,15,19-21H,8,11-14,26H2,(H3,27,28)(H,29,33)/t19-,20+,21-/m0/s1. The van der Waals surface area contributed by atoms with Crippen LogP contribution in [0.25, 0.3) is 0 Å². The topological polar surface area (TPSA) is 164 Å². The van der Waals surface area contributed by atoms with Gasteiger partial charge in [-0.25, -0.2) is 0 Å². The number of amidine groups is 1. The van der Waals surface area contributed by atoms with Gasteiger partial charge in [-0.15, -0.1) is 0 Å². The van der Waals surface area contributed by atoms with Crippen LogP contribution in [0.3, 0.4) is 0 Å². The summed E-state index contributed by atoms with van der Waals surface area (Å²) in [4.78, 5) is 32.1. The number of benzene rings is 2. The summed E-state index contributed by atoms with van der Waals surface area (Å²) >= 11 is 0. The quantitative estimate of drug-likeness (QED) is 0.268. The van der Waals surface area contributed by atoms with Crippen molar-refractivity contribution in [2.45, 2.75) is 43.8 Å². The SMILES string of the molecule is N=C(N)c1ccc(CNC(=O)[C@@H]2C[C@H](c3ncon3)CN2C(=O)[C@H](N)CCc2ccccc2)cc1. The first-order chi connectivity index (χ1) is 16.9. The van der Waals surface area contributed by atoms with E-state index in [2.05, 4.69) is 15.5 Å². The molecule has 2 amide bonds. The Hall–Kier alpha value is -4.05. The maximum Gasteiger partial charge on any atom is 0.243 e. The zero-order valence-electron chi connectivity index (χ0n) is 19.3. The number of aromatic nitrogens is 2. The summed E-state index contributed by atoms with van der Waals surface area (Å²) in [5.41, 5.74) is 14.3. The Labute approximate surface area is 203 Å². The number of nitrogens with zero attached hydrogens (tertiary/aromatic N) is 3. The van der Waals surface area contributed by atoms with Crippen molar-refractivity contribution in [1.29, 1.82) is 5.41 Å². The van der Waals surface area contributed by atoms with Gasteiger partial charge >= 0.3 is 0 Å². The predicted octanol–water partition coefficient (Wildman–Crippen LogP) is 1.31. The van der Waals surface area contributed by atoms with E-state index in [4.69, 9.17) is 21.4 Å². The highest BCUT2D eigenvalue weighted by molar-refractivity contribution is 5.95. The van der Waals surface area contributed by atoms with Crippen LogP contribution in [0, 0.1) is 5.41 Å². The highest BCUT2D eigenvalue weighted by Crippen LogP contribution is 2.31. The van der Waals surface area contributed by atoms with Gasteiger partial charge in [0.25, 0.3) is 0 Å². The van der Waals surface area contributed by atoms with Crippen molar-refractivity contribution < 1.29 is 14.1 Å². The third kappa shape index (κ3) is 5.90. The van der Waals surface area contributed by atoms with E-state index in [0.717, 1.165) is 11.1 Å². The van der Waals surface area contributed by atoms with Crippen molar-refractivity contribution in [3.8, 4) is 0 Å². The molecule has 0 aliphatic carbocycles. The molecule has 1 fully saturated rings. The lowest BCUT2D eigenvalue weighted by Gasteiger charge is -2.26. The lowest BCUT2D eigenvalue weighted by molar-refractivity contribution is -0.139. The smallest absolute Gasteiger partial charge is 0.243 e. The minimum Gasteiger partial charge on any atom is -0.384 e.